The highest BCUT2D eigenvalue weighted by Gasteiger charge is 2.38. The number of anilines is 2. The fourth-order valence-electron chi connectivity index (χ4n) is 4.66. The quantitative estimate of drug-likeness (QED) is 0.470. The number of nitrogens with zero attached hydrogens (tertiary/aromatic N) is 2. The molecular weight excluding hydrogens is 412 g/mol. The van der Waals surface area contributed by atoms with Crippen molar-refractivity contribution in [2.75, 3.05) is 16.9 Å². The van der Waals surface area contributed by atoms with Crippen molar-refractivity contribution < 1.29 is 14.3 Å². The molecule has 2 amide bonds. The van der Waals surface area contributed by atoms with Gasteiger partial charge in [-0.25, -0.2) is 0 Å². The minimum Gasteiger partial charge on any atom is -0.497 e. The van der Waals surface area contributed by atoms with Crippen LogP contribution in [0.4, 0.5) is 11.4 Å². The third-order valence-corrected chi connectivity index (χ3v) is 6.17. The number of ether oxygens (including phenoxy) is 1. The first kappa shape index (κ1) is 22.6. The van der Waals surface area contributed by atoms with Crippen LogP contribution in [0.5, 0.6) is 5.75 Å². The lowest BCUT2D eigenvalue weighted by molar-refractivity contribution is -0.119. The van der Waals surface area contributed by atoms with Gasteiger partial charge in [0.15, 0.2) is 0 Å². The van der Waals surface area contributed by atoms with E-state index in [9.17, 15) is 9.59 Å². The number of fused-ring (bicyclic) bond motifs is 1. The van der Waals surface area contributed by atoms with Crippen LogP contribution in [0.3, 0.4) is 0 Å². The van der Waals surface area contributed by atoms with Gasteiger partial charge >= 0.3 is 0 Å². The largest absolute Gasteiger partial charge is 0.497 e. The van der Waals surface area contributed by atoms with Gasteiger partial charge in [-0.15, -0.1) is 0 Å². The zero-order chi connectivity index (χ0) is 23.4. The second-order valence-electron chi connectivity index (χ2n) is 8.42. The number of carbonyl (C=O) groups is 2. The first-order valence-electron chi connectivity index (χ1n) is 11.5. The molecule has 1 aliphatic rings. The first-order valence-corrected chi connectivity index (χ1v) is 11.5. The third-order valence-electron chi connectivity index (χ3n) is 6.17. The van der Waals surface area contributed by atoms with Gasteiger partial charge in [0, 0.05) is 29.4 Å². The summed E-state index contributed by atoms with van der Waals surface area (Å²) in [5.74, 6) is 0.671. The highest BCUT2D eigenvalue weighted by atomic mass is 16.5. The maximum atomic E-state index is 13.9. The van der Waals surface area contributed by atoms with Gasteiger partial charge in [0.05, 0.1) is 13.2 Å². The Morgan fingerprint density at radius 1 is 1.00 bits per heavy atom. The fraction of sp³-hybridized carbons (Fsp3) is 0.286. The van der Waals surface area contributed by atoms with Gasteiger partial charge in [0.2, 0.25) is 5.91 Å². The van der Waals surface area contributed by atoms with Crippen LogP contribution in [-0.4, -0.2) is 25.0 Å². The van der Waals surface area contributed by atoms with E-state index in [1.807, 2.05) is 89.5 Å². The summed E-state index contributed by atoms with van der Waals surface area (Å²) in [6, 6.07) is 24.7. The first-order chi connectivity index (χ1) is 16.0. The number of hydrogen-bond donors (Lipinski definition) is 0. The average molecular weight is 443 g/mol. The number of methoxy groups -OCH3 is 1. The number of rotatable bonds is 6. The maximum absolute atomic E-state index is 13.9. The minimum absolute atomic E-state index is 0.0340. The van der Waals surface area contributed by atoms with Gasteiger partial charge in [-0.3, -0.25) is 9.59 Å². The zero-order valence-electron chi connectivity index (χ0n) is 19.4. The Balaban J connectivity index is 1.82. The van der Waals surface area contributed by atoms with Crippen LogP contribution in [0, 0.1) is 0 Å². The van der Waals surface area contributed by atoms with E-state index in [1.54, 1.807) is 13.2 Å². The SMILES string of the molecule is CCCC(=O)N1c2ccccc2[C@@H](N(C(=O)c2cccc(OC)c2)c2ccccc2)C[C@@H]1C. The molecule has 5 heteroatoms. The van der Waals surface area contributed by atoms with Crippen molar-refractivity contribution in [1.82, 2.24) is 0 Å². The number of benzene rings is 3. The second kappa shape index (κ2) is 9.90. The van der Waals surface area contributed by atoms with Crippen molar-refractivity contribution in [3.63, 3.8) is 0 Å². The molecule has 1 heterocycles. The van der Waals surface area contributed by atoms with Crippen LogP contribution >= 0.6 is 0 Å². The summed E-state index contributed by atoms with van der Waals surface area (Å²) in [5, 5.41) is 0. The molecule has 0 bridgehead atoms. The van der Waals surface area contributed by atoms with E-state index < -0.39 is 0 Å². The lowest BCUT2D eigenvalue weighted by Crippen LogP contribution is -2.47. The van der Waals surface area contributed by atoms with Crippen molar-refractivity contribution >= 4 is 23.2 Å². The van der Waals surface area contributed by atoms with Crippen LogP contribution in [0.25, 0.3) is 0 Å². The van der Waals surface area contributed by atoms with E-state index in [0.717, 1.165) is 23.4 Å². The summed E-state index contributed by atoms with van der Waals surface area (Å²) in [4.78, 5) is 30.7. The van der Waals surface area contributed by atoms with Gasteiger partial charge in [0.1, 0.15) is 5.75 Å². The Morgan fingerprint density at radius 3 is 2.45 bits per heavy atom. The van der Waals surface area contributed by atoms with Crippen LogP contribution in [-0.2, 0) is 4.79 Å². The molecule has 4 rings (SSSR count). The van der Waals surface area contributed by atoms with Gasteiger partial charge in [-0.2, -0.15) is 0 Å². The lowest BCUT2D eigenvalue weighted by atomic mass is 9.89. The van der Waals surface area contributed by atoms with Crippen LogP contribution in [0.15, 0.2) is 78.9 Å². The number of amides is 2. The molecule has 0 aromatic heterocycles. The molecular formula is C28H30N2O3. The smallest absolute Gasteiger partial charge is 0.258 e. The topological polar surface area (TPSA) is 49.9 Å². The Kier molecular flexibility index (Phi) is 6.78. The Morgan fingerprint density at radius 2 is 1.73 bits per heavy atom. The van der Waals surface area contributed by atoms with E-state index in [0.29, 0.717) is 24.2 Å². The van der Waals surface area contributed by atoms with Gasteiger partial charge < -0.3 is 14.5 Å². The fourth-order valence-corrected chi connectivity index (χ4v) is 4.66. The normalized spacial score (nSPS) is 17.2. The third kappa shape index (κ3) is 4.49. The van der Waals surface area contributed by atoms with Gasteiger partial charge in [-0.1, -0.05) is 49.4 Å². The number of hydrogen-bond acceptors (Lipinski definition) is 3. The molecule has 0 saturated heterocycles. The Bertz CT molecular complexity index is 1130. The van der Waals surface area contributed by atoms with E-state index in [-0.39, 0.29) is 23.9 Å². The van der Waals surface area contributed by atoms with E-state index >= 15 is 0 Å². The molecule has 0 aliphatic carbocycles. The zero-order valence-corrected chi connectivity index (χ0v) is 19.4. The maximum Gasteiger partial charge on any atom is 0.258 e. The molecule has 0 N–H and O–H groups in total. The lowest BCUT2D eigenvalue weighted by Gasteiger charge is -2.43. The molecule has 170 valence electrons. The minimum atomic E-state index is -0.206. The second-order valence-corrected chi connectivity index (χ2v) is 8.42. The molecule has 3 aromatic carbocycles. The highest BCUT2D eigenvalue weighted by Crippen LogP contribution is 2.43. The Labute approximate surface area is 195 Å². The van der Waals surface area contributed by atoms with Crippen LogP contribution in [0.2, 0.25) is 0 Å². The molecule has 3 aromatic rings. The highest BCUT2D eigenvalue weighted by molar-refractivity contribution is 6.07. The molecule has 0 unspecified atom stereocenters. The summed E-state index contributed by atoms with van der Waals surface area (Å²) >= 11 is 0. The summed E-state index contributed by atoms with van der Waals surface area (Å²) in [6.07, 6.45) is 1.96. The van der Waals surface area contributed by atoms with Gasteiger partial charge in [0.25, 0.3) is 5.91 Å². The summed E-state index contributed by atoms with van der Waals surface area (Å²) in [5.41, 5.74) is 3.26. The summed E-state index contributed by atoms with van der Waals surface area (Å²) < 4.78 is 5.36. The molecule has 0 spiro atoms. The molecule has 2 atom stereocenters. The summed E-state index contributed by atoms with van der Waals surface area (Å²) in [7, 11) is 1.60. The van der Waals surface area contributed by atoms with Crippen LogP contribution < -0.4 is 14.5 Å². The number of para-hydroxylation sites is 2. The summed E-state index contributed by atoms with van der Waals surface area (Å²) in [6.45, 7) is 4.08. The van der Waals surface area contributed by atoms with Gasteiger partial charge in [-0.05, 0) is 61.7 Å². The van der Waals surface area contributed by atoms with E-state index in [4.69, 9.17) is 4.74 Å². The predicted molar refractivity (Wildman–Crippen MR) is 132 cm³/mol. The van der Waals surface area contributed by atoms with Crippen molar-refractivity contribution in [3.8, 4) is 5.75 Å². The monoisotopic (exact) mass is 442 g/mol. The molecule has 0 saturated carbocycles. The standard InChI is InChI=1S/C28H30N2O3/c1-4-11-27(31)29-20(2)18-26(24-16-8-9-17-25(24)29)30(22-13-6-5-7-14-22)28(32)21-12-10-15-23(19-21)33-3/h5-10,12-17,19-20,26H,4,11,18H2,1-3H3/t20-,26-/m0/s1. The molecule has 0 fully saturated rings. The van der Waals surface area contributed by atoms with E-state index in [2.05, 4.69) is 6.92 Å². The molecule has 33 heavy (non-hydrogen) atoms. The van der Waals surface area contributed by atoms with Crippen LogP contribution in [0.1, 0.15) is 55.1 Å². The van der Waals surface area contributed by atoms with E-state index in [1.165, 1.54) is 0 Å². The molecule has 0 radical (unpaired) electrons. The Hall–Kier alpha value is -3.60. The van der Waals surface area contributed by atoms with Crippen molar-refractivity contribution in [3.05, 3.63) is 90.0 Å². The molecule has 1 aliphatic heterocycles. The average Bonchev–Trinajstić information content (AvgIpc) is 2.85. The predicted octanol–water partition coefficient (Wildman–Crippen LogP) is 6.01. The van der Waals surface area contributed by atoms with Crippen molar-refractivity contribution in [1.29, 1.82) is 0 Å². The van der Waals surface area contributed by atoms with Crippen molar-refractivity contribution in [2.45, 2.75) is 45.2 Å². The molecule has 5 nitrogen and oxygen atoms in total. The van der Waals surface area contributed by atoms with Crippen molar-refractivity contribution in [2.24, 2.45) is 0 Å². The number of carbonyl (C=O) groups excluding carboxylic acids is 2.